The molecule has 1 atom stereocenters. The Bertz CT molecular complexity index is 718. The second-order valence-corrected chi connectivity index (χ2v) is 5.65. The normalized spacial score (nSPS) is 11.7. The Kier molecular flexibility index (Phi) is 5.79. The van der Waals surface area contributed by atoms with Crippen LogP contribution >= 0.6 is 0 Å². The molecule has 4 nitrogen and oxygen atoms in total. The summed E-state index contributed by atoms with van der Waals surface area (Å²) >= 11 is 0. The van der Waals surface area contributed by atoms with Crippen LogP contribution in [0.1, 0.15) is 24.1 Å². The molecule has 128 valence electrons. The van der Waals surface area contributed by atoms with Gasteiger partial charge >= 0.3 is 0 Å². The number of carbonyl (C=O) groups excluding carboxylic acids is 1. The van der Waals surface area contributed by atoms with Gasteiger partial charge in [0.1, 0.15) is 5.75 Å². The number of halogens is 1. The zero-order chi connectivity index (χ0) is 17.7. The smallest absolute Gasteiger partial charge is 0.260 e. The van der Waals surface area contributed by atoms with Crippen LogP contribution in [0, 0.1) is 12.7 Å². The van der Waals surface area contributed by atoms with E-state index in [-0.39, 0.29) is 24.3 Å². The first kappa shape index (κ1) is 17.8. The molecule has 0 saturated carbocycles. The quantitative estimate of drug-likeness (QED) is 0.809. The number of methoxy groups -OCH3 is 1. The maximum absolute atomic E-state index is 13.8. The molecule has 2 aromatic carbocycles. The van der Waals surface area contributed by atoms with E-state index in [0.717, 1.165) is 16.9 Å². The van der Waals surface area contributed by atoms with E-state index >= 15 is 0 Å². The first-order chi connectivity index (χ1) is 11.4. The Labute approximate surface area is 141 Å². The lowest BCUT2D eigenvalue weighted by Crippen LogP contribution is -2.33. The van der Waals surface area contributed by atoms with E-state index < -0.39 is 5.82 Å². The number of amides is 1. The zero-order valence-corrected chi connectivity index (χ0v) is 14.4. The van der Waals surface area contributed by atoms with Crippen molar-refractivity contribution in [3.63, 3.8) is 0 Å². The summed E-state index contributed by atoms with van der Waals surface area (Å²) in [5.74, 6) is 0.0825. The molecule has 0 aliphatic heterocycles. The lowest BCUT2D eigenvalue weighted by molar-refractivity contribution is -0.134. The molecule has 0 aromatic heterocycles. The minimum Gasteiger partial charge on any atom is -0.496 e. The predicted octanol–water partition coefficient (Wildman–Crippen LogP) is 3.74. The lowest BCUT2D eigenvalue weighted by Gasteiger charge is -2.26. The summed E-state index contributed by atoms with van der Waals surface area (Å²) < 4.78 is 24.4. The lowest BCUT2D eigenvalue weighted by atomic mass is 10.1. The topological polar surface area (TPSA) is 38.8 Å². The SMILES string of the molecule is COc1ccccc1C(C)N(C)C(=O)COc1ccc(C)cc1F. The van der Waals surface area contributed by atoms with E-state index in [9.17, 15) is 9.18 Å². The molecule has 5 heteroatoms. The number of aryl methyl sites for hydroxylation is 1. The van der Waals surface area contributed by atoms with Gasteiger partial charge in [-0.3, -0.25) is 4.79 Å². The first-order valence-corrected chi connectivity index (χ1v) is 7.71. The Balaban J connectivity index is 2.03. The van der Waals surface area contributed by atoms with Crippen LogP contribution in [0.2, 0.25) is 0 Å². The standard InChI is InChI=1S/C19H22FNO3/c1-13-9-10-18(16(20)11-13)24-12-19(22)21(3)14(2)15-7-5-6-8-17(15)23-4/h5-11,14H,12H2,1-4H3. The zero-order valence-electron chi connectivity index (χ0n) is 14.4. The number of hydrogen-bond acceptors (Lipinski definition) is 3. The summed E-state index contributed by atoms with van der Waals surface area (Å²) in [4.78, 5) is 13.9. The van der Waals surface area contributed by atoms with Gasteiger partial charge in [-0.2, -0.15) is 0 Å². The van der Waals surface area contributed by atoms with Gasteiger partial charge in [0.25, 0.3) is 5.91 Å². The van der Waals surface area contributed by atoms with Crippen LogP contribution in [0.25, 0.3) is 0 Å². The molecule has 1 amide bonds. The van der Waals surface area contributed by atoms with Gasteiger partial charge in [-0.1, -0.05) is 24.3 Å². The Hall–Kier alpha value is -2.56. The Morgan fingerprint density at radius 1 is 1.21 bits per heavy atom. The fraction of sp³-hybridized carbons (Fsp3) is 0.316. The second kappa shape index (κ2) is 7.81. The van der Waals surface area contributed by atoms with Crippen molar-refractivity contribution in [3.8, 4) is 11.5 Å². The molecular formula is C19H22FNO3. The molecule has 0 N–H and O–H groups in total. The molecule has 2 aromatic rings. The average molecular weight is 331 g/mol. The Morgan fingerprint density at radius 3 is 2.58 bits per heavy atom. The van der Waals surface area contributed by atoms with Crippen molar-refractivity contribution in [2.24, 2.45) is 0 Å². The molecule has 0 aliphatic rings. The van der Waals surface area contributed by atoms with E-state index in [1.807, 2.05) is 31.2 Å². The largest absolute Gasteiger partial charge is 0.496 e. The van der Waals surface area contributed by atoms with Crippen molar-refractivity contribution in [2.45, 2.75) is 19.9 Å². The van der Waals surface area contributed by atoms with Gasteiger partial charge in [-0.05, 0) is 37.6 Å². The number of likely N-dealkylation sites (N-methyl/N-ethyl adjacent to an activating group) is 1. The summed E-state index contributed by atoms with van der Waals surface area (Å²) in [5.41, 5.74) is 1.70. The number of para-hydroxylation sites is 1. The molecule has 0 spiro atoms. The van der Waals surface area contributed by atoms with Gasteiger partial charge in [-0.15, -0.1) is 0 Å². The fourth-order valence-corrected chi connectivity index (χ4v) is 2.40. The third-order valence-corrected chi connectivity index (χ3v) is 4.00. The number of rotatable bonds is 6. The van der Waals surface area contributed by atoms with Gasteiger partial charge in [-0.25, -0.2) is 4.39 Å². The van der Waals surface area contributed by atoms with E-state index in [1.54, 1.807) is 32.0 Å². The minimum absolute atomic E-state index is 0.0762. The van der Waals surface area contributed by atoms with Crippen LogP contribution in [0.5, 0.6) is 11.5 Å². The minimum atomic E-state index is -0.469. The van der Waals surface area contributed by atoms with Crippen molar-refractivity contribution in [1.82, 2.24) is 4.90 Å². The van der Waals surface area contributed by atoms with Gasteiger partial charge in [0.15, 0.2) is 18.2 Å². The maximum Gasteiger partial charge on any atom is 0.260 e. The first-order valence-electron chi connectivity index (χ1n) is 7.71. The van der Waals surface area contributed by atoms with Crippen molar-refractivity contribution in [1.29, 1.82) is 0 Å². The summed E-state index contributed by atoms with van der Waals surface area (Å²) in [6.45, 7) is 3.47. The molecule has 0 saturated heterocycles. The highest BCUT2D eigenvalue weighted by Crippen LogP contribution is 2.28. The highest BCUT2D eigenvalue weighted by atomic mass is 19.1. The van der Waals surface area contributed by atoms with Crippen molar-refractivity contribution in [2.75, 3.05) is 20.8 Å². The number of carbonyl (C=O) groups is 1. The van der Waals surface area contributed by atoms with Gasteiger partial charge in [0, 0.05) is 12.6 Å². The summed E-state index contributed by atoms with van der Waals surface area (Å²) in [6.07, 6.45) is 0. The van der Waals surface area contributed by atoms with Crippen LogP contribution in [0.15, 0.2) is 42.5 Å². The van der Waals surface area contributed by atoms with E-state index in [1.165, 1.54) is 12.1 Å². The molecule has 0 aliphatic carbocycles. The molecule has 0 fully saturated rings. The predicted molar refractivity (Wildman–Crippen MR) is 90.8 cm³/mol. The van der Waals surface area contributed by atoms with Gasteiger partial charge < -0.3 is 14.4 Å². The molecule has 0 heterocycles. The van der Waals surface area contributed by atoms with E-state index in [2.05, 4.69) is 0 Å². The monoisotopic (exact) mass is 331 g/mol. The average Bonchev–Trinajstić information content (AvgIpc) is 2.59. The number of benzene rings is 2. The molecule has 24 heavy (non-hydrogen) atoms. The van der Waals surface area contributed by atoms with Crippen LogP contribution < -0.4 is 9.47 Å². The molecule has 0 radical (unpaired) electrons. The summed E-state index contributed by atoms with van der Waals surface area (Å²) in [5, 5.41) is 0. The Morgan fingerprint density at radius 2 is 1.92 bits per heavy atom. The van der Waals surface area contributed by atoms with Crippen molar-refractivity contribution >= 4 is 5.91 Å². The van der Waals surface area contributed by atoms with Gasteiger partial charge in [0.2, 0.25) is 0 Å². The van der Waals surface area contributed by atoms with Crippen molar-refractivity contribution in [3.05, 3.63) is 59.4 Å². The number of ether oxygens (including phenoxy) is 2. The second-order valence-electron chi connectivity index (χ2n) is 5.65. The molecule has 0 bridgehead atoms. The van der Waals surface area contributed by atoms with Crippen molar-refractivity contribution < 1.29 is 18.7 Å². The molecule has 1 unspecified atom stereocenters. The molecular weight excluding hydrogens is 309 g/mol. The third kappa shape index (κ3) is 4.04. The maximum atomic E-state index is 13.8. The highest BCUT2D eigenvalue weighted by Gasteiger charge is 2.21. The number of nitrogens with zero attached hydrogens (tertiary/aromatic N) is 1. The fourth-order valence-electron chi connectivity index (χ4n) is 2.40. The summed E-state index contributed by atoms with van der Waals surface area (Å²) in [6, 6.07) is 12.0. The summed E-state index contributed by atoms with van der Waals surface area (Å²) in [7, 11) is 3.28. The molecule has 2 rings (SSSR count). The van der Waals surface area contributed by atoms with E-state index in [0.29, 0.717) is 0 Å². The van der Waals surface area contributed by atoms with Crippen LogP contribution in [-0.4, -0.2) is 31.6 Å². The van der Waals surface area contributed by atoms with Crippen LogP contribution in [0.3, 0.4) is 0 Å². The highest BCUT2D eigenvalue weighted by molar-refractivity contribution is 5.78. The van der Waals surface area contributed by atoms with Crippen LogP contribution in [0.4, 0.5) is 4.39 Å². The number of hydrogen-bond donors (Lipinski definition) is 0. The van der Waals surface area contributed by atoms with E-state index in [4.69, 9.17) is 9.47 Å². The van der Waals surface area contributed by atoms with Crippen LogP contribution in [-0.2, 0) is 4.79 Å². The van der Waals surface area contributed by atoms with Gasteiger partial charge in [0.05, 0.1) is 13.2 Å². The third-order valence-electron chi connectivity index (χ3n) is 4.00.